The van der Waals surface area contributed by atoms with Crippen LogP contribution in [0.4, 0.5) is 5.69 Å². The number of hydrogen-bond acceptors (Lipinski definition) is 5. The summed E-state index contributed by atoms with van der Waals surface area (Å²) in [6, 6.07) is 12.8. The third-order valence-electron chi connectivity index (χ3n) is 4.76. The van der Waals surface area contributed by atoms with E-state index in [1.807, 2.05) is 30.3 Å². The molecule has 7 nitrogen and oxygen atoms in total. The van der Waals surface area contributed by atoms with E-state index < -0.39 is 0 Å². The van der Waals surface area contributed by atoms with E-state index in [2.05, 4.69) is 4.98 Å². The zero-order chi connectivity index (χ0) is 18.6. The first kappa shape index (κ1) is 17.3. The maximum Gasteiger partial charge on any atom is 0.265 e. The van der Waals surface area contributed by atoms with Crippen molar-refractivity contribution in [3.63, 3.8) is 0 Å². The molecule has 0 saturated carbocycles. The van der Waals surface area contributed by atoms with Crippen molar-refractivity contribution in [3.05, 3.63) is 48.7 Å². The van der Waals surface area contributed by atoms with Crippen LogP contribution < -0.4 is 14.4 Å². The quantitative estimate of drug-likeness (QED) is 0.825. The molecule has 1 atom stereocenters. The number of aromatic nitrogens is 1. The fourth-order valence-electron chi connectivity index (χ4n) is 3.41. The van der Waals surface area contributed by atoms with Crippen LogP contribution >= 0.6 is 0 Å². The Balaban J connectivity index is 1.41. The molecule has 1 fully saturated rings. The van der Waals surface area contributed by atoms with E-state index in [4.69, 9.17) is 9.47 Å². The monoisotopic (exact) mass is 367 g/mol. The lowest BCUT2D eigenvalue weighted by atomic mass is 10.1. The molecular formula is C20H21N3O4. The van der Waals surface area contributed by atoms with Crippen LogP contribution in [0.1, 0.15) is 12.8 Å². The Kier molecular flexibility index (Phi) is 4.91. The number of carbonyl (C=O) groups is 2. The highest BCUT2D eigenvalue weighted by Crippen LogP contribution is 2.31. The molecule has 4 rings (SSSR count). The molecule has 0 bridgehead atoms. The molecule has 1 saturated heterocycles. The smallest absolute Gasteiger partial charge is 0.265 e. The van der Waals surface area contributed by atoms with Gasteiger partial charge in [0, 0.05) is 18.8 Å². The Labute approximate surface area is 157 Å². The Morgan fingerprint density at radius 1 is 1.22 bits per heavy atom. The molecule has 2 aliphatic heterocycles. The maximum atomic E-state index is 12.8. The van der Waals surface area contributed by atoms with Gasteiger partial charge in [-0.1, -0.05) is 18.2 Å². The molecule has 0 spiro atoms. The largest absolute Gasteiger partial charge is 0.482 e. The first-order valence-corrected chi connectivity index (χ1v) is 9.08. The Hall–Kier alpha value is -3.09. The van der Waals surface area contributed by atoms with Crippen molar-refractivity contribution in [2.24, 2.45) is 0 Å². The molecule has 1 aromatic heterocycles. The highest BCUT2D eigenvalue weighted by atomic mass is 16.5. The fourth-order valence-corrected chi connectivity index (χ4v) is 3.41. The summed E-state index contributed by atoms with van der Waals surface area (Å²) in [7, 11) is 0. The molecule has 2 amide bonds. The van der Waals surface area contributed by atoms with E-state index in [0.29, 0.717) is 30.4 Å². The van der Waals surface area contributed by atoms with Crippen LogP contribution in [-0.4, -0.2) is 54.0 Å². The predicted molar refractivity (Wildman–Crippen MR) is 98.8 cm³/mol. The van der Waals surface area contributed by atoms with Crippen molar-refractivity contribution in [3.8, 4) is 11.6 Å². The lowest BCUT2D eigenvalue weighted by Crippen LogP contribution is -2.50. The van der Waals surface area contributed by atoms with E-state index in [1.54, 1.807) is 23.2 Å². The Morgan fingerprint density at radius 3 is 2.93 bits per heavy atom. The summed E-state index contributed by atoms with van der Waals surface area (Å²) in [5.74, 6) is 0.892. The van der Waals surface area contributed by atoms with Gasteiger partial charge in [0.1, 0.15) is 18.4 Å². The van der Waals surface area contributed by atoms with Crippen LogP contribution in [0, 0.1) is 0 Å². The molecule has 0 radical (unpaired) electrons. The molecule has 1 aromatic carbocycles. The number of amides is 2. The standard InChI is InChI=1S/C20H21N3O4/c24-19(13-23-16-7-1-2-8-17(16)26-14-20(23)25)22-11-5-6-15(12-22)27-18-9-3-4-10-21-18/h1-4,7-10,15H,5-6,11-14H2/t15-/m1/s1. The number of hydrogen-bond donors (Lipinski definition) is 0. The zero-order valence-electron chi connectivity index (χ0n) is 14.9. The SMILES string of the molecule is O=C(CN1C(=O)COc2ccccc21)N1CCC[C@@H](Oc2ccccn2)C1. The number of carbonyl (C=O) groups excluding carboxylic acids is 2. The third kappa shape index (κ3) is 3.86. The minimum Gasteiger partial charge on any atom is -0.482 e. The van der Waals surface area contributed by atoms with E-state index >= 15 is 0 Å². The number of rotatable bonds is 4. The summed E-state index contributed by atoms with van der Waals surface area (Å²) in [5.41, 5.74) is 0.639. The van der Waals surface area contributed by atoms with Crippen LogP contribution in [0.5, 0.6) is 11.6 Å². The van der Waals surface area contributed by atoms with Gasteiger partial charge in [-0.05, 0) is 31.0 Å². The van der Waals surface area contributed by atoms with Crippen molar-refractivity contribution in [1.29, 1.82) is 0 Å². The number of benzene rings is 1. The van der Waals surface area contributed by atoms with Crippen molar-refractivity contribution >= 4 is 17.5 Å². The van der Waals surface area contributed by atoms with E-state index in [0.717, 1.165) is 12.8 Å². The lowest BCUT2D eigenvalue weighted by Gasteiger charge is -2.35. The van der Waals surface area contributed by atoms with Crippen LogP contribution in [0.25, 0.3) is 0 Å². The van der Waals surface area contributed by atoms with Gasteiger partial charge in [-0.15, -0.1) is 0 Å². The first-order chi connectivity index (χ1) is 13.2. The molecule has 7 heteroatoms. The number of piperidine rings is 1. The lowest BCUT2D eigenvalue weighted by molar-refractivity contribution is -0.134. The van der Waals surface area contributed by atoms with Crippen LogP contribution in [0.3, 0.4) is 0 Å². The average Bonchev–Trinajstić information content (AvgIpc) is 2.71. The first-order valence-electron chi connectivity index (χ1n) is 9.08. The third-order valence-corrected chi connectivity index (χ3v) is 4.76. The van der Waals surface area contributed by atoms with E-state index in [1.165, 1.54) is 4.90 Å². The topological polar surface area (TPSA) is 72.0 Å². The van der Waals surface area contributed by atoms with Gasteiger partial charge < -0.3 is 14.4 Å². The van der Waals surface area contributed by atoms with Crippen LogP contribution in [0.15, 0.2) is 48.7 Å². The highest BCUT2D eigenvalue weighted by molar-refractivity contribution is 6.02. The maximum absolute atomic E-state index is 12.8. The minimum absolute atomic E-state index is 0.00944. The molecule has 0 N–H and O–H groups in total. The molecule has 3 heterocycles. The second-order valence-corrected chi connectivity index (χ2v) is 6.63. The van der Waals surface area contributed by atoms with E-state index in [9.17, 15) is 9.59 Å². The summed E-state index contributed by atoms with van der Waals surface area (Å²) in [4.78, 5) is 32.6. The molecule has 0 aliphatic carbocycles. The Bertz CT molecular complexity index is 827. The fraction of sp³-hybridized carbons (Fsp3) is 0.350. The molecule has 140 valence electrons. The van der Waals surface area contributed by atoms with Gasteiger partial charge in [0.15, 0.2) is 6.61 Å². The van der Waals surface area contributed by atoms with Crippen molar-refractivity contribution in [2.45, 2.75) is 18.9 Å². The van der Waals surface area contributed by atoms with Gasteiger partial charge >= 0.3 is 0 Å². The Morgan fingerprint density at radius 2 is 2.07 bits per heavy atom. The minimum atomic E-state index is -0.208. The zero-order valence-corrected chi connectivity index (χ0v) is 14.9. The average molecular weight is 367 g/mol. The molecule has 0 unspecified atom stereocenters. The predicted octanol–water partition coefficient (Wildman–Crippen LogP) is 1.88. The molecular weight excluding hydrogens is 346 g/mol. The number of pyridine rings is 1. The molecule has 27 heavy (non-hydrogen) atoms. The second-order valence-electron chi connectivity index (χ2n) is 6.63. The van der Waals surface area contributed by atoms with Crippen molar-refractivity contribution in [2.75, 3.05) is 31.1 Å². The van der Waals surface area contributed by atoms with Crippen molar-refractivity contribution in [1.82, 2.24) is 9.88 Å². The van der Waals surface area contributed by atoms with Gasteiger partial charge in [0.05, 0.1) is 12.2 Å². The van der Waals surface area contributed by atoms with Gasteiger partial charge in [-0.2, -0.15) is 0 Å². The number of para-hydroxylation sites is 2. The number of nitrogens with zero attached hydrogens (tertiary/aromatic N) is 3. The summed E-state index contributed by atoms with van der Waals surface area (Å²) >= 11 is 0. The van der Waals surface area contributed by atoms with Gasteiger partial charge in [-0.25, -0.2) is 4.98 Å². The number of anilines is 1. The number of ether oxygens (including phenoxy) is 2. The molecule has 2 aliphatic rings. The number of likely N-dealkylation sites (tertiary alicyclic amines) is 1. The van der Waals surface area contributed by atoms with Gasteiger partial charge in [0.2, 0.25) is 11.8 Å². The molecule has 2 aromatic rings. The summed E-state index contributed by atoms with van der Waals surface area (Å²) in [6.07, 6.45) is 3.32. The summed E-state index contributed by atoms with van der Waals surface area (Å²) < 4.78 is 11.3. The summed E-state index contributed by atoms with van der Waals surface area (Å²) in [6.45, 7) is 1.13. The van der Waals surface area contributed by atoms with Crippen molar-refractivity contribution < 1.29 is 19.1 Å². The second kappa shape index (κ2) is 7.65. The normalized spacial score (nSPS) is 19.3. The van der Waals surface area contributed by atoms with Gasteiger partial charge in [0.25, 0.3) is 5.91 Å². The van der Waals surface area contributed by atoms with Crippen LogP contribution in [-0.2, 0) is 9.59 Å². The van der Waals surface area contributed by atoms with Gasteiger partial charge in [-0.3, -0.25) is 14.5 Å². The highest BCUT2D eigenvalue weighted by Gasteiger charge is 2.31. The summed E-state index contributed by atoms with van der Waals surface area (Å²) in [5, 5.41) is 0. The van der Waals surface area contributed by atoms with Crippen LogP contribution in [0.2, 0.25) is 0 Å². The van der Waals surface area contributed by atoms with E-state index in [-0.39, 0.29) is 31.1 Å². The number of fused-ring (bicyclic) bond motifs is 1.